The smallest absolute Gasteiger partial charge is 0.311 e. The average molecular weight is 555 g/mol. The molecule has 5 aromatic rings. The molecule has 0 aliphatic rings. The van der Waals surface area contributed by atoms with E-state index in [4.69, 9.17) is 9.15 Å². The zero-order chi connectivity index (χ0) is 28.2. The molecule has 1 amide bonds. The molecule has 0 saturated carbocycles. The molecule has 0 bridgehead atoms. The number of carbonyl (C=O) groups is 1. The summed E-state index contributed by atoms with van der Waals surface area (Å²) < 4.78 is 11.8. The zero-order valence-corrected chi connectivity index (χ0v) is 22.7. The van der Waals surface area contributed by atoms with Crippen LogP contribution in [0.2, 0.25) is 0 Å². The molecule has 0 aliphatic heterocycles. The molecule has 0 unspecified atom stereocenters. The van der Waals surface area contributed by atoms with Crippen LogP contribution in [0.25, 0.3) is 10.8 Å². The molecule has 5 rings (SSSR count). The first kappa shape index (κ1) is 26.8. The van der Waals surface area contributed by atoms with Crippen molar-refractivity contribution in [1.29, 1.82) is 0 Å². The molecule has 0 radical (unpaired) electrons. The van der Waals surface area contributed by atoms with Crippen LogP contribution in [-0.2, 0) is 12.2 Å². The van der Waals surface area contributed by atoms with Gasteiger partial charge in [-0.3, -0.25) is 14.9 Å². The molecule has 0 atom stereocenters. The number of aryl methyl sites for hydroxylation is 2. The third kappa shape index (κ3) is 5.64. The first-order chi connectivity index (χ1) is 19.3. The largest absolute Gasteiger partial charge is 0.506 e. The Kier molecular flexibility index (Phi) is 7.75. The average Bonchev–Trinajstić information content (AvgIpc) is 3.43. The third-order valence-corrected chi connectivity index (χ3v) is 7.40. The number of ether oxygens (including phenoxy) is 1. The number of nitro benzene ring substituents is 1. The Balaban J connectivity index is 1.47. The fourth-order valence-corrected chi connectivity index (χ4v) is 5.09. The van der Waals surface area contributed by atoms with Gasteiger partial charge in [0.25, 0.3) is 5.91 Å². The number of amides is 1. The Hall–Kier alpha value is -4.76. The van der Waals surface area contributed by atoms with Crippen LogP contribution in [-0.4, -0.2) is 15.9 Å². The van der Waals surface area contributed by atoms with E-state index < -0.39 is 10.8 Å². The summed E-state index contributed by atoms with van der Waals surface area (Å²) in [7, 11) is 0. The van der Waals surface area contributed by atoms with E-state index in [2.05, 4.69) is 5.32 Å². The molecule has 0 saturated heterocycles. The van der Waals surface area contributed by atoms with Gasteiger partial charge >= 0.3 is 5.69 Å². The van der Waals surface area contributed by atoms with Gasteiger partial charge in [0, 0.05) is 34.7 Å². The second-order valence-electron chi connectivity index (χ2n) is 9.11. The van der Waals surface area contributed by atoms with Gasteiger partial charge < -0.3 is 19.6 Å². The van der Waals surface area contributed by atoms with Crippen LogP contribution in [0.4, 0.5) is 11.4 Å². The quantitative estimate of drug-likeness (QED) is 0.107. The number of nitrogens with zero attached hydrogens (tertiary/aromatic N) is 1. The second-order valence-corrected chi connectivity index (χ2v) is 10.1. The van der Waals surface area contributed by atoms with Crippen LogP contribution in [0.5, 0.6) is 17.2 Å². The SMILES string of the molecule is CCc1ccc(SCc2ccc(Oc3cc(C(=O)Nc4ccccc4C)c(O)c4ccccc34)c([N+](=O)[O-])c2)o1. The lowest BCUT2D eigenvalue weighted by atomic mass is 10.0. The topological polar surface area (TPSA) is 115 Å². The summed E-state index contributed by atoms with van der Waals surface area (Å²) in [6, 6.07) is 24.1. The van der Waals surface area contributed by atoms with Gasteiger partial charge in [-0.15, -0.1) is 0 Å². The first-order valence-corrected chi connectivity index (χ1v) is 13.6. The highest BCUT2D eigenvalue weighted by atomic mass is 32.2. The molecule has 0 aliphatic carbocycles. The summed E-state index contributed by atoms with van der Waals surface area (Å²) in [4.78, 5) is 24.7. The summed E-state index contributed by atoms with van der Waals surface area (Å²) in [6.45, 7) is 3.87. The van der Waals surface area contributed by atoms with Gasteiger partial charge in [0.05, 0.1) is 10.5 Å². The lowest BCUT2D eigenvalue weighted by Crippen LogP contribution is -2.13. The van der Waals surface area contributed by atoms with Crippen molar-refractivity contribution in [3.63, 3.8) is 0 Å². The number of nitrogens with one attached hydrogen (secondary N) is 1. The first-order valence-electron chi connectivity index (χ1n) is 12.6. The summed E-state index contributed by atoms with van der Waals surface area (Å²) in [6.07, 6.45) is 0.791. The zero-order valence-electron chi connectivity index (χ0n) is 21.8. The van der Waals surface area contributed by atoms with E-state index in [1.165, 1.54) is 23.9 Å². The van der Waals surface area contributed by atoms with E-state index in [1.54, 1.807) is 48.5 Å². The van der Waals surface area contributed by atoms with Gasteiger partial charge in [-0.05, 0) is 48.4 Å². The molecule has 1 aromatic heterocycles. The number of aromatic hydroxyl groups is 1. The van der Waals surface area contributed by atoms with E-state index in [0.717, 1.165) is 28.4 Å². The maximum atomic E-state index is 13.2. The second kappa shape index (κ2) is 11.5. The van der Waals surface area contributed by atoms with E-state index in [0.29, 0.717) is 22.2 Å². The van der Waals surface area contributed by atoms with Crippen LogP contribution in [0, 0.1) is 17.0 Å². The monoisotopic (exact) mass is 554 g/mol. The van der Waals surface area contributed by atoms with Crippen LogP contribution >= 0.6 is 11.8 Å². The number of benzene rings is 4. The highest BCUT2D eigenvalue weighted by molar-refractivity contribution is 7.98. The highest BCUT2D eigenvalue weighted by Gasteiger charge is 2.22. The predicted octanol–water partition coefficient (Wildman–Crippen LogP) is 8.25. The van der Waals surface area contributed by atoms with Crippen molar-refractivity contribution in [1.82, 2.24) is 0 Å². The molecular formula is C31H26N2O6S. The molecule has 4 aromatic carbocycles. The van der Waals surface area contributed by atoms with Gasteiger partial charge in [-0.1, -0.05) is 67.2 Å². The summed E-state index contributed by atoms with van der Waals surface area (Å²) in [5, 5.41) is 27.4. The third-order valence-electron chi connectivity index (χ3n) is 6.42. The summed E-state index contributed by atoms with van der Waals surface area (Å²) >= 11 is 1.45. The van der Waals surface area contributed by atoms with Crippen molar-refractivity contribution in [3.05, 3.63) is 117 Å². The fraction of sp³-hybridized carbons (Fsp3) is 0.129. The number of phenols is 1. The maximum Gasteiger partial charge on any atom is 0.311 e. The number of hydrogen-bond acceptors (Lipinski definition) is 7. The van der Waals surface area contributed by atoms with Crippen molar-refractivity contribution < 1.29 is 24.0 Å². The van der Waals surface area contributed by atoms with Gasteiger partial charge in [-0.2, -0.15) is 0 Å². The number of anilines is 1. The van der Waals surface area contributed by atoms with Crippen molar-refractivity contribution in [2.24, 2.45) is 0 Å². The van der Waals surface area contributed by atoms with E-state index in [1.807, 2.05) is 38.1 Å². The number of furan rings is 1. The van der Waals surface area contributed by atoms with Crippen molar-refractivity contribution in [3.8, 4) is 17.2 Å². The minimum absolute atomic E-state index is 0.0162. The van der Waals surface area contributed by atoms with Crippen LogP contribution in [0.15, 0.2) is 94.4 Å². The Morgan fingerprint density at radius 3 is 2.48 bits per heavy atom. The molecule has 9 heteroatoms. The Morgan fingerprint density at radius 1 is 1.00 bits per heavy atom. The normalized spacial score (nSPS) is 10.9. The number of phenolic OH excluding ortho intramolecular Hbond substituents is 1. The van der Waals surface area contributed by atoms with Gasteiger partial charge in [0.1, 0.15) is 17.3 Å². The number of fused-ring (bicyclic) bond motifs is 1. The lowest BCUT2D eigenvalue weighted by molar-refractivity contribution is -0.385. The van der Waals surface area contributed by atoms with E-state index in [9.17, 15) is 20.0 Å². The molecule has 1 heterocycles. The van der Waals surface area contributed by atoms with Crippen molar-refractivity contribution >= 4 is 39.8 Å². The van der Waals surface area contributed by atoms with Crippen LogP contribution in [0.3, 0.4) is 0 Å². The van der Waals surface area contributed by atoms with E-state index >= 15 is 0 Å². The molecule has 8 nitrogen and oxygen atoms in total. The number of nitro groups is 1. The van der Waals surface area contributed by atoms with Gasteiger partial charge in [0.2, 0.25) is 5.75 Å². The minimum Gasteiger partial charge on any atom is -0.506 e. The number of para-hydroxylation sites is 1. The number of rotatable bonds is 9. The lowest BCUT2D eigenvalue weighted by Gasteiger charge is -2.15. The number of hydrogen-bond donors (Lipinski definition) is 2. The summed E-state index contributed by atoms with van der Waals surface area (Å²) in [5.74, 6) is 0.838. The summed E-state index contributed by atoms with van der Waals surface area (Å²) in [5.41, 5.74) is 1.96. The van der Waals surface area contributed by atoms with Crippen LogP contribution in [0.1, 0.15) is 34.2 Å². The van der Waals surface area contributed by atoms with Gasteiger partial charge in [-0.25, -0.2) is 0 Å². The molecule has 2 N–H and O–H groups in total. The molecule has 0 fully saturated rings. The minimum atomic E-state index is -0.534. The van der Waals surface area contributed by atoms with Crippen LogP contribution < -0.4 is 10.1 Å². The Morgan fingerprint density at radius 2 is 1.75 bits per heavy atom. The van der Waals surface area contributed by atoms with Crippen molar-refractivity contribution in [2.45, 2.75) is 31.1 Å². The predicted molar refractivity (Wildman–Crippen MR) is 156 cm³/mol. The molecule has 202 valence electrons. The molecule has 0 spiro atoms. The van der Waals surface area contributed by atoms with Gasteiger partial charge in [0.15, 0.2) is 5.09 Å². The van der Waals surface area contributed by atoms with Crippen molar-refractivity contribution in [2.75, 3.05) is 5.32 Å². The standard InChI is InChI=1S/C31H26N2O6S/c1-3-21-13-15-29(38-21)40-18-20-12-14-27(26(16-20)33(36)37)39-28-17-24(30(34)23-10-6-5-9-22(23)28)31(35)32-25-11-7-4-8-19(25)2/h4-17,34H,3,18H2,1-2H3,(H,32,35). The van der Waals surface area contributed by atoms with E-state index in [-0.39, 0.29) is 28.5 Å². The molecular weight excluding hydrogens is 528 g/mol. The molecule has 40 heavy (non-hydrogen) atoms. The number of thioether (sulfide) groups is 1. The highest BCUT2D eigenvalue weighted by Crippen LogP contribution is 2.41. The Bertz CT molecular complexity index is 1730. The number of carbonyl (C=O) groups excluding carboxylic acids is 1. The fourth-order valence-electron chi connectivity index (χ4n) is 4.27. The Labute approximate surface area is 234 Å². The maximum absolute atomic E-state index is 13.2.